The molecule has 4 rings (SSSR count). The number of nitrogens with zero attached hydrogens (tertiary/aromatic N) is 5. The fourth-order valence-corrected chi connectivity index (χ4v) is 4.79. The number of hydrogen-bond donors (Lipinski definition) is 3. The predicted molar refractivity (Wildman–Crippen MR) is 139 cm³/mol. The molecule has 0 spiro atoms. The van der Waals surface area contributed by atoms with Crippen molar-refractivity contribution in [1.82, 2.24) is 24.5 Å². The molecule has 188 valence electrons. The van der Waals surface area contributed by atoms with E-state index >= 15 is 0 Å². The molecule has 0 saturated heterocycles. The smallest absolute Gasteiger partial charge is 0.360 e. The molecule has 12 heteroatoms. The van der Waals surface area contributed by atoms with Crippen molar-refractivity contribution in [3.63, 3.8) is 0 Å². The van der Waals surface area contributed by atoms with Crippen LogP contribution in [0.5, 0.6) is 0 Å². The first-order chi connectivity index (χ1) is 17.0. The molecule has 3 N–H and O–H groups in total. The van der Waals surface area contributed by atoms with Gasteiger partial charge in [-0.15, -0.1) is 0 Å². The maximum atomic E-state index is 13.0. The van der Waals surface area contributed by atoms with Gasteiger partial charge in [-0.2, -0.15) is 0 Å². The summed E-state index contributed by atoms with van der Waals surface area (Å²) in [7, 11) is 1.83. The molecular formula is C24H28N8O3S. The first kappa shape index (κ1) is 25.0. The van der Waals surface area contributed by atoms with Gasteiger partial charge in [0.1, 0.15) is 11.2 Å². The van der Waals surface area contributed by atoms with Gasteiger partial charge >= 0.3 is 5.97 Å². The van der Waals surface area contributed by atoms with Crippen LogP contribution in [0.3, 0.4) is 0 Å². The third-order valence-electron chi connectivity index (χ3n) is 5.72. The van der Waals surface area contributed by atoms with Crippen LogP contribution in [0, 0.1) is 4.78 Å². The SMILES string of the molecule is CNc1nc(Nc2ccc(S(=N)(=O)C(C)(C)C)cc2)c(C(=O)OC)nc1-c1cncc2c1ncn2C. The second kappa shape index (κ2) is 9.19. The summed E-state index contributed by atoms with van der Waals surface area (Å²) in [6.07, 6.45) is 5.01. The van der Waals surface area contributed by atoms with Crippen molar-refractivity contribution in [2.75, 3.05) is 24.8 Å². The molecule has 3 heterocycles. The number of anilines is 3. The number of esters is 1. The topological polar surface area (TPSA) is 148 Å². The van der Waals surface area contributed by atoms with Crippen molar-refractivity contribution >= 4 is 44.1 Å². The zero-order valence-corrected chi connectivity index (χ0v) is 21.7. The first-order valence-electron chi connectivity index (χ1n) is 11.1. The van der Waals surface area contributed by atoms with E-state index in [1.807, 2.05) is 11.6 Å². The molecule has 0 fully saturated rings. The van der Waals surface area contributed by atoms with Crippen molar-refractivity contribution in [3.05, 3.63) is 48.7 Å². The summed E-state index contributed by atoms with van der Waals surface area (Å²) < 4.78 is 27.4. The standard InChI is InChI=1S/C24H28N8O3S/c1-24(2,3)36(25,34)15-9-7-14(8-10-15)29-22-20(23(33)35-6)30-19(21(26-4)31-22)16-11-27-12-17-18(16)28-13-32(17)5/h7-13,25H,1-6H3,(H2,26,29,31). The van der Waals surface area contributed by atoms with Crippen LogP contribution in [0.2, 0.25) is 0 Å². The predicted octanol–water partition coefficient (Wildman–Crippen LogP) is 4.20. The van der Waals surface area contributed by atoms with Gasteiger partial charge < -0.3 is 19.9 Å². The van der Waals surface area contributed by atoms with E-state index in [0.29, 0.717) is 33.2 Å². The Morgan fingerprint density at radius 1 is 1.11 bits per heavy atom. The number of hydrogen-bond acceptors (Lipinski definition) is 10. The molecule has 1 aromatic carbocycles. The van der Waals surface area contributed by atoms with Gasteiger partial charge in [0.25, 0.3) is 0 Å². The Morgan fingerprint density at radius 2 is 1.81 bits per heavy atom. The molecule has 4 aromatic rings. The van der Waals surface area contributed by atoms with Gasteiger partial charge in [-0.1, -0.05) is 0 Å². The molecule has 0 aliphatic heterocycles. The lowest BCUT2D eigenvalue weighted by atomic mass is 10.1. The maximum Gasteiger partial charge on any atom is 0.360 e. The number of methoxy groups -OCH3 is 1. The molecule has 0 aliphatic rings. The fourth-order valence-electron chi connectivity index (χ4n) is 3.56. The third-order valence-corrected chi connectivity index (χ3v) is 8.38. The molecule has 36 heavy (non-hydrogen) atoms. The van der Waals surface area contributed by atoms with Gasteiger partial charge in [0.05, 0.1) is 40.4 Å². The van der Waals surface area contributed by atoms with Crippen molar-refractivity contribution in [2.24, 2.45) is 7.05 Å². The van der Waals surface area contributed by atoms with Gasteiger partial charge in [0.15, 0.2) is 17.3 Å². The minimum absolute atomic E-state index is 0.0255. The molecule has 1 atom stereocenters. The lowest BCUT2D eigenvalue weighted by Crippen LogP contribution is -2.26. The molecule has 0 aliphatic carbocycles. The van der Waals surface area contributed by atoms with E-state index in [2.05, 4.69) is 30.6 Å². The van der Waals surface area contributed by atoms with Crippen LogP contribution in [0.1, 0.15) is 31.3 Å². The molecule has 3 aromatic heterocycles. The summed E-state index contributed by atoms with van der Waals surface area (Å²) in [6.45, 7) is 5.32. The van der Waals surface area contributed by atoms with Crippen LogP contribution in [-0.4, -0.2) is 53.6 Å². The van der Waals surface area contributed by atoms with Crippen LogP contribution < -0.4 is 10.6 Å². The molecule has 0 radical (unpaired) electrons. The zero-order valence-electron chi connectivity index (χ0n) is 20.9. The number of carbonyl (C=O) groups is 1. The van der Waals surface area contributed by atoms with E-state index in [1.165, 1.54) is 7.11 Å². The number of rotatable bonds is 6. The monoisotopic (exact) mass is 508 g/mol. The number of imidazole rings is 1. The van der Waals surface area contributed by atoms with E-state index in [4.69, 9.17) is 9.52 Å². The van der Waals surface area contributed by atoms with Gasteiger partial charge in [0.2, 0.25) is 0 Å². The molecule has 0 saturated carbocycles. The van der Waals surface area contributed by atoms with Crippen LogP contribution >= 0.6 is 0 Å². The van der Waals surface area contributed by atoms with E-state index in [9.17, 15) is 9.00 Å². The molecule has 11 nitrogen and oxygen atoms in total. The summed E-state index contributed by atoms with van der Waals surface area (Å²) >= 11 is 0. The highest BCUT2D eigenvalue weighted by atomic mass is 32.2. The van der Waals surface area contributed by atoms with Gasteiger partial charge in [-0.25, -0.2) is 28.7 Å². The van der Waals surface area contributed by atoms with Crippen LogP contribution in [0.25, 0.3) is 22.3 Å². The highest BCUT2D eigenvalue weighted by molar-refractivity contribution is 7.93. The Hall–Kier alpha value is -4.06. The van der Waals surface area contributed by atoms with Crippen LogP contribution in [0.4, 0.5) is 17.3 Å². The largest absolute Gasteiger partial charge is 0.464 e. The Bertz CT molecular complexity index is 1560. The van der Waals surface area contributed by atoms with Crippen molar-refractivity contribution in [2.45, 2.75) is 30.4 Å². The summed E-state index contributed by atoms with van der Waals surface area (Å²) in [6, 6.07) is 6.64. The zero-order chi connectivity index (χ0) is 26.3. The van der Waals surface area contributed by atoms with E-state index in [0.717, 1.165) is 5.52 Å². The second-order valence-corrected chi connectivity index (χ2v) is 11.9. The average Bonchev–Trinajstić information content (AvgIpc) is 3.24. The Balaban J connectivity index is 1.80. The maximum absolute atomic E-state index is 13.0. The van der Waals surface area contributed by atoms with Gasteiger partial charge in [0, 0.05) is 35.6 Å². The minimum atomic E-state index is -3.01. The average molecular weight is 509 g/mol. The Kier molecular flexibility index (Phi) is 6.39. The third kappa shape index (κ3) is 4.35. The van der Waals surface area contributed by atoms with E-state index in [-0.39, 0.29) is 11.5 Å². The van der Waals surface area contributed by atoms with Gasteiger partial charge in [-0.05, 0) is 45.0 Å². The van der Waals surface area contributed by atoms with Crippen LogP contribution in [-0.2, 0) is 21.5 Å². The number of aryl methyl sites for hydroxylation is 1. The summed E-state index contributed by atoms with van der Waals surface area (Å²) in [5.74, 6) is -0.0940. The number of carbonyl (C=O) groups excluding carboxylic acids is 1. The number of fused-ring (bicyclic) bond motifs is 1. The Labute approximate surface area is 209 Å². The lowest BCUT2D eigenvalue weighted by Gasteiger charge is -2.22. The highest BCUT2D eigenvalue weighted by Gasteiger charge is 2.27. The minimum Gasteiger partial charge on any atom is -0.464 e. The molecule has 1 unspecified atom stereocenters. The Morgan fingerprint density at radius 3 is 2.42 bits per heavy atom. The van der Waals surface area contributed by atoms with Crippen molar-refractivity contribution in [1.29, 1.82) is 4.78 Å². The molecule has 0 bridgehead atoms. The highest BCUT2D eigenvalue weighted by Crippen LogP contribution is 2.33. The number of ether oxygens (including phenoxy) is 1. The number of aromatic nitrogens is 5. The number of nitrogens with one attached hydrogen (secondary N) is 3. The van der Waals surface area contributed by atoms with Crippen molar-refractivity contribution in [3.8, 4) is 11.3 Å². The number of benzene rings is 1. The summed E-state index contributed by atoms with van der Waals surface area (Å²) in [4.78, 5) is 31.1. The first-order valence-corrected chi connectivity index (χ1v) is 12.6. The molecular weight excluding hydrogens is 480 g/mol. The lowest BCUT2D eigenvalue weighted by molar-refractivity contribution is 0.0595. The van der Waals surface area contributed by atoms with E-state index in [1.54, 1.807) is 70.8 Å². The van der Waals surface area contributed by atoms with E-state index < -0.39 is 20.4 Å². The fraction of sp³-hybridized carbons (Fsp3) is 0.292. The van der Waals surface area contributed by atoms with Crippen LogP contribution in [0.15, 0.2) is 47.9 Å². The normalized spacial score (nSPS) is 13.3. The molecule has 0 amide bonds. The second-order valence-electron chi connectivity index (χ2n) is 9.09. The number of pyridine rings is 1. The van der Waals surface area contributed by atoms with Crippen molar-refractivity contribution < 1.29 is 13.7 Å². The quantitative estimate of drug-likeness (QED) is 0.326. The summed E-state index contributed by atoms with van der Waals surface area (Å²) in [5, 5.41) is 6.13. The summed E-state index contributed by atoms with van der Waals surface area (Å²) in [5.41, 5.74) is 3.03. The van der Waals surface area contributed by atoms with Gasteiger partial charge in [-0.3, -0.25) is 4.98 Å².